The number of nitro benzene ring substituents is 1. The van der Waals surface area contributed by atoms with Gasteiger partial charge in [0.15, 0.2) is 0 Å². The van der Waals surface area contributed by atoms with E-state index in [0.29, 0.717) is 25.4 Å². The molecule has 1 atom stereocenters. The van der Waals surface area contributed by atoms with Crippen LogP contribution in [0.25, 0.3) is 0 Å². The highest BCUT2D eigenvalue weighted by Crippen LogP contribution is 2.22. The van der Waals surface area contributed by atoms with Crippen molar-refractivity contribution in [3.8, 4) is 5.75 Å². The molecule has 9 nitrogen and oxygen atoms in total. The van der Waals surface area contributed by atoms with E-state index in [1.807, 2.05) is 4.90 Å². The maximum atomic E-state index is 12.9. The lowest BCUT2D eigenvalue weighted by atomic mass is 10.3. The normalized spacial score (nSPS) is 16.9. The van der Waals surface area contributed by atoms with Gasteiger partial charge in [-0.05, 0) is 30.3 Å². The van der Waals surface area contributed by atoms with Crippen LogP contribution in [-0.4, -0.2) is 73.1 Å². The summed E-state index contributed by atoms with van der Waals surface area (Å²) in [7, 11) is -3.84. The van der Waals surface area contributed by atoms with Crippen LogP contribution in [0.1, 0.15) is 0 Å². The monoisotopic (exact) mass is 439 g/mol. The third kappa shape index (κ3) is 5.51. The number of piperazine rings is 1. The molecule has 1 heterocycles. The highest BCUT2D eigenvalue weighted by atomic mass is 32.2. The van der Waals surface area contributed by atoms with E-state index in [1.54, 1.807) is 0 Å². The first-order chi connectivity index (χ1) is 14.3. The van der Waals surface area contributed by atoms with Crippen LogP contribution in [0.5, 0.6) is 5.75 Å². The lowest BCUT2D eigenvalue weighted by molar-refractivity contribution is -0.385. The third-order valence-electron chi connectivity index (χ3n) is 4.72. The summed E-state index contributed by atoms with van der Waals surface area (Å²) in [5.74, 6) is 0.0733. The predicted molar refractivity (Wildman–Crippen MR) is 106 cm³/mol. The quantitative estimate of drug-likeness (QED) is 0.490. The summed E-state index contributed by atoms with van der Waals surface area (Å²) >= 11 is 0. The summed E-state index contributed by atoms with van der Waals surface area (Å²) in [6.45, 7) is 1.54. The van der Waals surface area contributed by atoms with Crippen molar-refractivity contribution in [2.45, 2.75) is 11.0 Å². The van der Waals surface area contributed by atoms with Gasteiger partial charge in [0.1, 0.15) is 24.3 Å². The molecule has 0 amide bonds. The molecule has 1 N–H and O–H groups in total. The molecule has 11 heteroatoms. The van der Waals surface area contributed by atoms with Gasteiger partial charge < -0.3 is 9.84 Å². The van der Waals surface area contributed by atoms with Gasteiger partial charge in [-0.1, -0.05) is 6.07 Å². The number of non-ortho nitro benzene ring substituents is 1. The van der Waals surface area contributed by atoms with Gasteiger partial charge in [0.2, 0.25) is 10.0 Å². The van der Waals surface area contributed by atoms with E-state index in [4.69, 9.17) is 4.74 Å². The Kier molecular flexibility index (Phi) is 6.98. The van der Waals surface area contributed by atoms with Crippen LogP contribution in [0.15, 0.2) is 53.4 Å². The van der Waals surface area contributed by atoms with Gasteiger partial charge in [0, 0.05) is 44.9 Å². The van der Waals surface area contributed by atoms with Crippen molar-refractivity contribution in [3.05, 3.63) is 64.5 Å². The fourth-order valence-electron chi connectivity index (χ4n) is 3.13. The first-order valence-corrected chi connectivity index (χ1v) is 10.7. The number of nitro groups is 1. The minimum absolute atomic E-state index is 0.0256. The second-order valence-corrected chi connectivity index (χ2v) is 8.82. The van der Waals surface area contributed by atoms with E-state index in [1.165, 1.54) is 46.8 Å². The number of hydrogen-bond acceptors (Lipinski definition) is 7. The Morgan fingerprint density at radius 1 is 1.13 bits per heavy atom. The molecule has 1 unspecified atom stereocenters. The van der Waals surface area contributed by atoms with Crippen LogP contribution < -0.4 is 4.74 Å². The number of nitrogens with zero attached hydrogens (tertiary/aromatic N) is 3. The zero-order valence-electron chi connectivity index (χ0n) is 16.1. The second-order valence-electron chi connectivity index (χ2n) is 6.88. The summed E-state index contributed by atoms with van der Waals surface area (Å²) in [6, 6.07) is 10.5. The van der Waals surface area contributed by atoms with Gasteiger partial charge in [-0.3, -0.25) is 15.0 Å². The van der Waals surface area contributed by atoms with Gasteiger partial charge >= 0.3 is 0 Å². The minimum Gasteiger partial charge on any atom is -0.491 e. The third-order valence-corrected chi connectivity index (χ3v) is 6.62. The highest BCUT2D eigenvalue weighted by molar-refractivity contribution is 7.89. The van der Waals surface area contributed by atoms with Crippen LogP contribution in [-0.2, 0) is 10.0 Å². The number of ether oxygens (including phenoxy) is 1. The molecule has 0 aliphatic carbocycles. The predicted octanol–water partition coefficient (Wildman–Crippen LogP) is 1.48. The molecule has 0 bridgehead atoms. The van der Waals surface area contributed by atoms with Crippen molar-refractivity contribution in [3.63, 3.8) is 0 Å². The lowest BCUT2D eigenvalue weighted by Crippen LogP contribution is -2.50. The topological polar surface area (TPSA) is 113 Å². The van der Waals surface area contributed by atoms with Crippen molar-refractivity contribution in [2.75, 3.05) is 39.3 Å². The van der Waals surface area contributed by atoms with Gasteiger partial charge in [-0.15, -0.1) is 0 Å². The lowest BCUT2D eigenvalue weighted by Gasteiger charge is -2.34. The Balaban J connectivity index is 1.50. The Morgan fingerprint density at radius 2 is 1.80 bits per heavy atom. The largest absolute Gasteiger partial charge is 0.491 e. The summed E-state index contributed by atoms with van der Waals surface area (Å²) < 4.78 is 45.1. The smallest absolute Gasteiger partial charge is 0.270 e. The number of hydrogen-bond donors (Lipinski definition) is 1. The number of benzene rings is 2. The zero-order valence-corrected chi connectivity index (χ0v) is 16.9. The van der Waals surface area contributed by atoms with Crippen molar-refractivity contribution < 1.29 is 27.6 Å². The molecule has 2 aromatic rings. The van der Waals surface area contributed by atoms with Crippen molar-refractivity contribution in [1.29, 1.82) is 0 Å². The second kappa shape index (κ2) is 9.47. The Morgan fingerprint density at radius 3 is 2.43 bits per heavy atom. The minimum atomic E-state index is -3.84. The average Bonchev–Trinajstić information content (AvgIpc) is 2.74. The summed E-state index contributed by atoms with van der Waals surface area (Å²) in [6.07, 6.45) is -0.796. The first kappa shape index (κ1) is 22.1. The fourth-order valence-corrected chi connectivity index (χ4v) is 4.60. The molecule has 1 saturated heterocycles. The Hall–Kier alpha value is -2.60. The Labute approximate surface area is 173 Å². The van der Waals surface area contributed by atoms with E-state index >= 15 is 0 Å². The van der Waals surface area contributed by atoms with Crippen LogP contribution in [0, 0.1) is 15.9 Å². The number of sulfonamides is 1. The number of aliphatic hydroxyl groups is 1. The van der Waals surface area contributed by atoms with Gasteiger partial charge in [0.05, 0.1) is 9.82 Å². The Bertz CT molecular complexity index is 978. The molecule has 0 radical (unpaired) electrons. The highest BCUT2D eigenvalue weighted by Gasteiger charge is 2.30. The molecular formula is C19H22FN3O6S. The van der Waals surface area contributed by atoms with E-state index in [-0.39, 0.29) is 36.1 Å². The van der Waals surface area contributed by atoms with Crippen LogP contribution in [0.4, 0.5) is 10.1 Å². The number of aliphatic hydroxyl groups excluding tert-OH is 1. The molecule has 0 saturated carbocycles. The summed E-state index contributed by atoms with van der Waals surface area (Å²) in [4.78, 5) is 12.1. The summed E-state index contributed by atoms with van der Waals surface area (Å²) in [5, 5.41) is 21.1. The van der Waals surface area contributed by atoms with Gasteiger partial charge in [-0.2, -0.15) is 4.31 Å². The number of rotatable bonds is 8. The maximum Gasteiger partial charge on any atom is 0.270 e. The standard InChI is InChI=1S/C19H22FN3O6S/c20-15-4-6-18(7-5-15)29-14-17(24)13-21-8-10-22(11-9-21)30(27,28)19-3-1-2-16(12-19)23(25)26/h1-7,12,17,24H,8-11,13-14H2. The summed E-state index contributed by atoms with van der Waals surface area (Å²) in [5.41, 5.74) is -0.279. The SMILES string of the molecule is O=[N+]([O-])c1cccc(S(=O)(=O)N2CCN(CC(O)COc3ccc(F)cc3)CC2)c1. The molecule has 2 aromatic carbocycles. The number of halogens is 1. The maximum absolute atomic E-state index is 12.9. The molecule has 0 aromatic heterocycles. The van der Waals surface area contributed by atoms with Crippen LogP contribution in [0.2, 0.25) is 0 Å². The van der Waals surface area contributed by atoms with Gasteiger partial charge in [-0.25, -0.2) is 12.8 Å². The van der Waals surface area contributed by atoms with E-state index in [0.717, 1.165) is 6.07 Å². The van der Waals surface area contributed by atoms with E-state index in [2.05, 4.69) is 0 Å². The molecule has 3 rings (SSSR count). The van der Waals surface area contributed by atoms with E-state index in [9.17, 15) is 28.0 Å². The molecular weight excluding hydrogens is 417 g/mol. The molecule has 1 aliphatic rings. The molecule has 1 fully saturated rings. The molecule has 0 spiro atoms. The van der Waals surface area contributed by atoms with Crippen molar-refractivity contribution >= 4 is 15.7 Å². The van der Waals surface area contributed by atoms with Crippen LogP contribution in [0.3, 0.4) is 0 Å². The van der Waals surface area contributed by atoms with Crippen LogP contribution >= 0.6 is 0 Å². The van der Waals surface area contributed by atoms with E-state index < -0.39 is 21.1 Å². The van der Waals surface area contributed by atoms with Crippen molar-refractivity contribution in [2.24, 2.45) is 0 Å². The van der Waals surface area contributed by atoms with Gasteiger partial charge in [0.25, 0.3) is 5.69 Å². The molecule has 30 heavy (non-hydrogen) atoms. The fraction of sp³-hybridized carbons (Fsp3) is 0.368. The molecule has 162 valence electrons. The number of β-amino-alcohol motifs (C(OH)–C–C–N with tert-alkyl or cyclic N) is 1. The zero-order chi connectivity index (χ0) is 21.7. The first-order valence-electron chi connectivity index (χ1n) is 9.29. The van der Waals surface area contributed by atoms with Crippen molar-refractivity contribution in [1.82, 2.24) is 9.21 Å². The average molecular weight is 439 g/mol. The molecule has 1 aliphatic heterocycles.